The van der Waals surface area contributed by atoms with E-state index in [1.807, 2.05) is 56.3 Å². The summed E-state index contributed by atoms with van der Waals surface area (Å²) < 4.78 is 0. The SMILES string of the molecule is Cc1ccc(NC(=O)CNc2ccccc2N2CCCC2=O)cc1C. The van der Waals surface area contributed by atoms with Crippen LogP contribution in [0.15, 0.2) is 42.5 Å². The quantitative estimate of drug-likeness (QED) is 0.878. The smallest absolute Gasteiger partial charge is 0.243 e. The number of hydrogen-bond donors (Lipinski definition) is 2. The van der Waals surface area contributed by atoms with Gasteiger partial charge in [0.25, 0.3) is 0 Å². The summed E-state index contributed by atoms with van der Waals surface area (Å²) in [6.45, 7) is 4.93. The maximum Gasteiger partial charge on any atom is 0.243 e. The van der Waals surface area contributed by atoms with E-state index in [0.717, 1.165) is 35.6 Å². The Morgan fingerprint density at radius 3 is 2.64 bits per heavy atom. The van der Waals surface area contributed by atoms with Gasteiger partial charge >= 0.3 is 0 Å². The molecule has 0 spiro atoms. The molecule has 1 aliphatic rings. The van der Waals surface area contributed by atoms with Crippen LogP contribution >= 0.6 is 0 Å². The van der Waals surface area contributed by atoms with Gasteiger partial charge in [0.05, 0.1) is 17.9 Å². The second-order valence-electron chi connectivity index (χ2n) is 6.37. The largest absolute Gasteiger partial charge is 0.374 e. The average Bonchev–Trinajstić information content (AvgIpc) is 3.02. The van der Waals surface area contributed by atoms with Crippen LogP contribution in [0.25, 0.3) is 0 Å². The predicted octanol–water partition coefficient (Wildman–Crippen LogP) is 3.48. The molecule has 130 valence electrons. The molecular weight excluding hydrogens is 314 g/mol. The fraction of sp³-hybridized carbons (Fsp3) is 0.300. The predicted molar refractivity (Wildman–Crippen MR) is 101 cm³/mol. The lowest BCUT2D eigenvalue weighted by molar-refractivity contribution is -0.117. The molecule has 25 heavy (non-hydrogen) atoms. The van der Waals surface area contributed by atoms with Crippen LogP contribution < -0.4 is 15.5 Å². The summed E-state index contributed by atoms with van der Waals surface area (Å²) >= 11 is 0. The number of carbonyl (C=O) groups excluding carboxylic acids is 2. The molecule has 2 amide bonds. The molecule has 1 saturated heterocycles. The van der Waals surface area contributed by atoms with Crippen LogP contribution in [0, 0.1) is 13.8 Å². The molecule has 2 aromatic carbocycles. The number of anilines is 3. The van der Waals surface area contributed by atoms with Gasteiger partial charge in [0.1, 0.15) is 0 Å². The van der Waals surface area contributed by atoms with Gasteiger partial charge in [0.15, 0.2) is 0 Å². The van der Waals surface area contributed by atoms with E-state index in [0.29, 0.717) is 6.42 Å². The lowest BCUT2D eigenvalue weighted by atomic mass is 10.1. The van der Waals surface area contributed by atoms with Crippen LogP contribution in [0.4, 0.5) is 17.1 Å². The Labute approximate surface area is 148 Å². The van der Waals surface area contributed by atoms with Crippen LogP contribution in [0.5, 0.6) is 0 Å². The Hall–Kier alpha value is -2.82. The van der Waals surface area contributed by atoms with Gasteiger partial charge in [-0.05, 0) is 55.7 Å². The highest BCUT2D eigenvalue weighted by Crippen LogP contribution is 2.29. The van der Waals surface area contributed by atoms with Crippen molar-refractivity contribution in [2.75, 3.05) is 28.6 Å². The molecule has 0 saturated carbocycles. The molecule has 5 heteroatoms. The standard InChI is InChI=1S/C20H23N3O2/c1-14-9-10-16(12-15(14)2)22-19(24)13-21-17-6-3-4-7-18(17)23-11-5-8-20(23)25/h3-4,6-7,9-10,12,21H,5,8,11,13H2,1-2H3,(H,22,24). The van der Waals surface area contributed by atoms with E-state index in [1.54, 1.807) is 4.90 Å². The molecule has 0 bridgehead atoms. The Kier molecular flexibility index (Phi) is 5.03. The minimum Gasteiger partial charge on any atom is -0.374 e. The summed E-state index contributed by atoms with van der Waals surface area (Å²) in [6.07, 6.45) is 1.46. The first-order valence-corrected chi connectivity index (χ1v) is 8.55. The van der Waals surface area contributed by atoms with Crippen LogP contribution in [0.1, 0.15) is 24.0 Å². The molecular formula is C20H23N3O2. The van der Waals surface area contributed by atoms with Gasteiger partial charge in [0.2, 0.25) is 11.8 Å². The zero-order valence-electron chi connectivity index (χ0n) is 14.6. The number of nitrogens with one attached hydrogen (secondary N) is 2. The summed E-state index contributed by atoms with van der Waals surface area (Å²) in [5, 5.41) is 6.05. The number of nitrogens with zero attached hydrogens (tertiary/aromatic N) is 1. The second kappa shape index (κ2) is 7.38. The summed E-state index contributed by atoms with van der Waals surface area (Å²) in [5.41, 5.74) is 4.76. The van der Waals surface area contributed by atoms with E-state index in [9.17, 15) is 9.59 Å². The number of benzene rings is 2. The van der Waals surface area contributed by atoms with Crippen LogP contribution in [-0.4, -0.2) is 24.9 Å². The molecule has 2 aromatic rings. The van der Waals surface area contributed by atoms with Gasteiger partial charge in [-0.15, -0.1) is 0 Å². The van der Waals surface area contributed by atoms with Gasteiger partial charge in [0, 0.05) is 18.7 Å². The summed E-state index contributed by atoms with van der Waals surface area (Å²) in [6, 6.07) is 13.5. The maximum absolute atomic E-state index is 12.2. The first kappa shape index (κ1) is 17.0. The molecule has 2 N–H and O–H groups in total. The number of para-hydroxylation sites is 2. The molecule has 1 aliphatic heterocycles. The molecule has 0 radical (unpaired) electrons. The van der Waals surface area contributed by atoms with Gasteiger partial charge in [-0.2, -0.15) is 0 Å². The third-order valence-corrected chi connectivity index (χ3v) is 4.50. The number of rotatable bonds is 5. The lowest BCUT2D eigenvalue weighted by Gasteiger charge is -2.20. The minimum atomic E-state index is -0.120. The van der Waals surface area contributed by atoms with Gasteiger partial charge in [-0.1, -0.05) is 18.2 Å². The zero-order chi connectivity index (χ0) is 17.8. The average molecular weight is 337 g/mol. The van der Waals surface area contributed by atoms with Crippen molar-refractivity contribution in [2.45, 2.75) is 26.7 Å². The van der Waals surface area contributed by atoms with E-state index in [2.05, 4.69) is 10.6 Å². The first-order valence-electron chi connectivity index (χ1n) is 8.55. The number of amides is 2. The Morgan fingerprint density at radius 1 is 1.12 bits per heavy atom. The lowest BCUT2D eigenvalue weighted by Crippen LogP contribution is -2.26. The molecule has 0 unspecified atom stereocenters. The highest BCUT2D eigenvalue weighted by atomic mass is 16.2. The molecule has 5 nitrogen and oxygen atoms in total. The fourth-order valence-corrected chi connectivity index (χ4v) is 2.96. The number of aryl methyl sites for hydroxylation is 2. The summed E-state index contributed by atoms with van der Waals surface area (Å²) in [4.78, 5) is 26.0. The summed E-state index contributed by atoms with van der Waals surface area (Å²) in [7, 11) is 0. The first-order chi connectivity index (χ1) is 12.0. The van der Waals surface area contributed by atoms with E-state index in [-0.39, 0.29) is 18.4 Å². The van der Waals surface area contributed by atoms with E-state index in [1.165, 1.54) is 5.56 Å². The highest BCUT2D eigenvalue weighted by molar-refractivity contribution is 5.99. The molecule has 0 aliphatic carbocycles. The van der Waals surface area contributed by atoms with Crippen molar-refractivity contribution >= 4 is 28.9 Å². The summed E-state index contributed by atoms with van der Waals surface area (Å²) in [5.74, 6) is 0.0136. The monoisotopic (exact) mass is 337 g/mol. The van der Waals surface area contributed by atoms with Crippen molar-refractivity contribution in [1.29, 1.82) is 0 Å². The van der Waals surface area contributed by atoms with E-state index in [4.69, 9.17) is 0 Å². The second-order valence-corrected chi connectivity index (χ2v) is 6.37. The highest BCUT2D eigenvalue weighted by Gasteiger charge is 2.23. The van der Waals surface area contributed by atoms with Gasteiger partial charge in [-0.25, -0.2) is 0 Å². The fourth-order valence-electron chi connectivity index (χ4n) is 2.96. The van der Waals surface area contributed by atoms with Crippen molar-refractivity contribution < 1.29 is 9.59 Å². The molecule has 0 aromatic heterocycles. The van der Waals surface area contributed by atoms with Crippen molar-refractivity contribution in [2.24, 2.45) is 0 Å². The Bertz CT molecular complexity index is 801. The zero-order valence-corrected chi connectivity index (χ0v) is 14.6. The molecule has 1 fully saturated rings. The van der Waals surface area contributed by atoms with E-state index >= 15 is 0 Å². The molecule has 3 rings (SSSR count). The van der Waals surface area contributed by atoms with Gasteiger partial charge < -0.3 is 15.5 Å². The third-order valence-electron chi connectivity index (χ3n) is 4.50. The topological polar surface area (TPSA) is 61.4 Å². The molecule has 1 heterocycles. The van der Waals surface area contributed by atoms with E-state index < -0.39 is 0 Å². The minimum absolute atomic E-state index is 0.120. The van der Waals surface area contributed by atoms with Crippen molar-refractivity contribution in [3.05, 3.63) is 53.6 Å². The number of carbonyl (C=O) groups is 2. The normalized spacial score (nSPS) is 13.8. The Morgan fingerprint density at radius 2 is 1.92 bits per heavy atom. The Balaban J connectivity index is 1.64. The number of hydrogen-bond acceptors (Lipinski definition) is 3. The molecule has 0 atom stereocenters. The van der Waals surface area contributed by atoms with Crippen molar-refractivity contribution in [1.82, 2.24) is 0 Å². The van der Waals surface area contributed by atoms with Crippen LogP contribution in [0.2, 0.25) is 0 Å². The van der Waals surface area contributed by atoms with Crippen molar-refractivity contribution in [3.63, 3.8) is 0 Å². The van der Waals surface area contributed by atoms with Crippen LogP contribution in [0.3, 0.4) is 0 Å². The van der Waals surface area contributed by atoms with Gasteiger partial charge in [-0.3, -0.25) is 9.59 Å². The third kappa shape index (κ3) is 3.99. The maximum atomic E-state index is 12.2. The van der Waals surface area contributed by atoms with Crippen LogP contribution in [-0.2, 0) is 9.59 Å². The van der Waals surface area contributed by atoms with Crippen molar-refractivity contribution in [3.8, 4) is 0 Å².